The molecule has 2 saturated heterocycles. The molecule has 10 nitrogen and oxygen atoms in total. The zero-order valence-electron chi connectivity index (χ0n) is 25.0. The van der Waals surface area contributed by atoms with Gasteiger partial charge < -0.3 is 23.8 Å². The summed E-state index contributed by atoms with van der Waals surface area (Å²) in [7, 11) is 0. The van der Waals surface area contributed by atoms with Crippen LogP contribution in [0.2, 0.25) is 0 Å². The van der Waals surface area contributed by atoms with Crippen molar-refractivity contribution in [3.8, 4) is 22.9 Å². The van der Waals surface area contributed by atoms with Crippen LogP contribution in [-0.4, -0.2) is 71.5 Å². The molecule has 0 unspecified atom stereocenters. The molecule has 2 aliphatic heterocycles. The van der Waals surface area contributed by atoms with E-state index in [1.807, 2.05) is 30.6 Å². The van der Waals surface area contributed by atoms with Gasteiger partial charge in [0.25, 0.3) is 0 Å². The Hall–Kier alpha value is -4.49. The molecule has 10 heteroatoms. The van der Waals surface area contributed by atoms with E-state index in [2.05, 4.69) is 57.6 Å². The Kier molecular flexibility index (Phi) is 8.25. The molecule has 0 radical (unpaired) electrons. The summed E-state index contributed by atoms with van der Waals surface area (Å²) in [5.74, 6) is 1.63. The fraction of sp³-hybridized carbons (Fsp3) is 0.424. The first-order chi connectivity index (χ1) is 21.0. The van der Waals surface area contributed by atoms with Crippen LogP contribution in [0.4, 0.5) is 11.6 Å². The first-order valence-corrected chi connectivity index (χ1v) is 15.1. The van der Waals surface area contributed by atoms with E-state index < -0.39 is 5.97 Å². The van der Waals surface area contributed by atoms with Crippen molar-refractivity contribution in [3.63, 3.8) is 0 Å². The Bertz CT molecular complexity index is 1640. The summed E-state index contributed by atoms with van der Waals surface area (Å²) in [6.07, 6.45) is 7.52. The van der Waals surface area contributed by atoms with Gasteiger partial charge in [0.2, 0.25) is 0 Å². The number of aromatic nitrogens is 4. The third-order valence-corrected chi connectivity index (χ3v) is 8.29. The van der Waals surface area contributed by atoms with E-state index in [9.17, 15) is 10.1 Å². The maximum absolute atomic E-state index is 13.1. The second kappa shape index (κ2) is 12.4. The average molecular weight is 580 g/mol. The maximum Gasteiger partial charge on any atom is 0.357 e. The smallest absolute Gasteiger partial charge is 0.357 e. The van der Waals surface area contributed by atoms with E-state index in [4.69, 9.17) is 19.4 Å². The zero-order chi connectivity index (χ0) is 29.9. The maximum atomic E-state index is 13.1. The molecule has 0 N–H and O–H groups in total. The van der Waals surface area contributed by atoms with Gasteiger partial charge in [-0.05, 0) is 61.1 Å². The van der Waals surface area contributed by atoms with E-state index in [0.29, 0.717) is 18.9 Å². The van der Waals surface area contributed by atoms with Crippen LogP contribution in [0.15, 0.2) is 48.9 Å². The molecule has 2 fully saturated rings. The minimum atomic E-state index is -0.460. The quantitative estimate of drug-likeness (QED) is 0.267. The molecule has 6 heterocycles. The van der Waals surface area contributed by atoms with Crippen LogP contribution in [0.5, 0.6) is 0 Å². The molecule has 0 aliphatic carbocycles. The normalized spacial score (nSPS) is 16.1. The Labute approximate surface area is 251 Å². The van der Waals surface area contributed by atoms with Crippen molar-refractivity contribution in [2.45, 2.75) is 39.5 Å². The molecule has 222 valence electrons. The van der Waals surface area contributed by atoms with Crippen LogP contribution >= 0.6 is 0 Å². The highest BCUT2D eigenvalue weighted by atomic mass is 16.5. The van der Waals surface area contributed by atoms with Crippen LogP contribution in [0.25, 0.3) is 27.8 Å². The third kappa shape index (κ3) is 5.77. The van der Waals surface area contributed by atoms with Crippen molar-refractivity contribution in [2.75, 3.05) is 55.8 Å². The lowest BCUT2D eigenvalue weighted by Crippen LogP contribution is -2.36. The van der Waals surface area contributed by atoms with Gasteiger partial charge >= 0.3 is 5.97 Å². The second-order valence-corrected chi connectivity index (χ2v) is 11.4. The predicted octanol–water partition coefficient (Wildman–Crippen LogP) is 5.36. The van der Waals surface area contributed by atoms with E-state index >= 15 is 0 Å². The van der Waals surface area contributed by atoms with Crippen LogP contribution < -0.4 is 9.80 Å². The molecule has 43 heavy (non-hydrogen) atoms. The average Bonchev–Trinajstić information content (AvgIpc) is 3.45. The summed E-state index contributed by atoms with van der Waals surface area (Å²) in [5, 5.41) is 10.3. The highest BCUT2D eigenvalue weighted by molar-refractivity contribution is 6.01. The second-order valence-electron chi connectivity index (χ2n) is 11.4. The van der Waals surface area contributed by atoms with Gasteiger partial charge in [0.15, 0.2) is 5.69 Å². The summed E-state index contributed by atoms with van der Waals surface area (Å²) >= 11 is 0. The minimum Gasteiger partial charge on any atom is -0.461 e. The Morgan fingerprint density at radius 3 is 2.51 bits per heavy atom. The van der Waals surface area contributed by atoms with Crippen molar-refractivity contribution in [1.29, 1.82) is 5.26 Å². The van der Waals surface area contributed by atoms with Gasteiger partial charge in [0, 0.05) is 67.7 Å². The zero-order valence-corrected chi connectivity index (χ0v) is 25.0. The van der Waals surface area contributed by atoms with Crippen LogP contribution in [0, 0.1) is 17.2 Å². The van der Waals surface area contributed by atoms with E-state index in [-0.39, 0.29) is 24.1 Å². The number of nitriles is 1. The SMILES string of the molecule is CCOC(=O)c1cc(-c2ccc(N3CCC(C#N)CC3)nc2)c2c(C(C)C)cn(-c3ccnc(N4CCOCC4)c3)c2n1. The van der Waals surface area contributed by atoms with Gasteiger partial charge in [0.1, 0.15) is 17.3 Å². The Morgan fingerprint density at radius 1 is 1.07 bits per heavy atom. The minimum absolute atomic E-state index is 0.116. The lowest BCUT2D eigenvalue weighted by Gasteiger charge is -2.30. The number of esters is 1. The number of carbonyl (C=O) groups is 1. The lowest BCUT2D eigenvalue weighted by atomic mass is 9.96. The van der Waals surface area contributed by atoms with Gasteiger partial charge in [-0.15, -0.1) is 0 Å². The number of nitrogens with zero attached hydrogens (tertiary/aromatic N) is 7. The Morgan fingerprint density at radius 2 is 1.84 bits per heavy atom. The van der Waals surface area contributed by atoms with Crippen molar-refractivity contribution >= 4 is 28.6 Å². The molecule has 6 rings (SSSR count). The molecule has 0 atom stereocenters. The first-order valence-electron chi connectivity index (χ1n) is 15.1. The molecule has 4 aromatic heterocycles. The lowest BCUT2D eigenvalue weighted by molar-refractivity contribution is 0.0520. The Balaban J connectivity index is 1.47. The van der Waals surface area contributed by atoms with Crippen molar-refractivity contribution < 1.29 is 14.3 Å². The third-order valence-electron chi connectivity index (χ3n) is 8.29. The largest absolute Gasteiger partial charge is 0.461 e. The number of hydrogen-bond acceptors (Lipinski definition) is 9. The van der Waals surface area contributed by atoms with Crippen LogP contribution in [0.3, 0.4) is 0 Å². The predicted molar refractivity (Wildman–Crippen MR) is 166 cm³/mol. The van der Waals surface area contributed by atoms with Gasteiger partial charge in [-0.1, -0.05) is 13.8 Å². The highest BCUT2D eigenvalue weighted by Crippen LogP contribution is 2.38. The van der Waals surface area contributed by atoms with Crippen molar-refractivity contribution in [2.24, 2.45) is 5.92 Å². The van der Waals surface area contributed by atoms with Crippen molar-refractivity contribution in [3.05, 3.63) is 60.2 Å². The number of morpholine rings is 1. The summed E-state index contributed by atoms with van der Waals surface area (Å²) in [6, 6.07) is 12.4. The monoisotopic (exact) mass is 579 g/mol. The summed E-state index contributed by atoms with van der Waals surface area (Å²) in [5.41, 5.74) is 4.77. The molecule has 0 amide bonds. The fourth-order valence-corrected chi connectivity index (χ4v) is 5.92. The molecule has 0 spiro atoms. The summed E-state index contributed by atoms with van der Waals surface area (Å²) in [4.78, 5) is 31.9. The molecule has 4 aromatic rings. The number of fused-ring (bicyclic) bond motifs is 1. The number of rotatable bonds is 7. The van der Waals surface area contributed by atoms with Gasteiger partial charge in [-0.2, -0.15) is 5.26 Å². The van der Waals surface area contributed by atoms with Crippen molar-refractivity contribution in [1.82, 2.24) is 19.5 Å². The van der Waals surface area contributed by atoms with Gasteiger partial charge in [-0.3, -0.25) is 0 Å². The topological polar surface area (TPSA) is 109 Å². The van der Waals surface area contributed by atoms with E-state index in [0.717, 1.165) is 78.4 Å². The van der Waals surface area contributed by atoms with Crippen LogP contribution in [-0.2, 0) is 9.47 Å². The standard InChI is InChI=1S/C33H37N7O3/c1-4-43-33(41)28-18-26(24-5-6-29(36-20-24)38-11-8-23(19-34)9-12-38)31-27(22(2)3)21-40(32(31)37-28)25-7-10-35-30(17-25)39-13-15-42-16-14-39/h5-7,10,17-18,20-23H,4,8-9,11-16H2,1-3H3. The number of piperidine rings is 1. The number of ether oxygens (including phenoxy) is 2. The molecule has 0 saturated carbocycles. The van der Waals surface area contributed by atoms with Crippen LogP contribution in [0.1, 0.15) is 55.6 Å². The molecular weight excluding hydrogens is 542 g/mol. The van der Waals surface area contributed by atoms with E-state index in [1.165, 1.54) is 0 Å². The number of hydrogen-bond donors (Lipinski definition) is 0. The molecular formula is C33H37N7O3. The molecule has 2 aliphatic rings. The van der Waals surface area contributed by atoms with Gasteiger partial charge in [0.05, 0.1) is 31.6 Å². The molecule has 0 bridgehead atoms. The number of anilines is 2. The summed E-state index contributed by atoms with van der Waals surface area (Å²) < 4.78 is 13.0. The number of pyridine rings is 3. The summed E-state index contributed by atoms with van der Waals surface area (Å²) in [6.45, 7) is 10.9. The first kappa shape index (κ1) is 28.6. The van der Waals surface area contributed by atoms with E-state index in [1.54, 1.807) is 6.92 Å². The molecule has 0 aromatic carbocycles. The van der Waals surface area contributed by atoms with Gasteiger partial charge in [-0.25, -0.2) is 19.7 Å². The highest BCUT2D eigenvalue weighted by Gasteiger charge is 2.24. The number of carbonyl (C=O) groups excluding carboxylic acids is 1. The fourth-order valence-electron chi connectivity index (χ4n) is 5.92.